The van der Waals surface area contributed by atoms with E-state index in [4.69, 9.17) is 10.7 Å². The van der Waals surface area contributed by atoms with Crippen molar-refractivity contribution in [1.29, 1.82) is 0 Å². The number of nitrogens with two attached hydrogens (primary N) is 1. The standard InChI is InChI=1S/C14H19N7OS/c1-20-8-9(5-17-20)10-6-18-21-13(15)4-11(19-14(10)21)12-7-16-2-3-23(12)22/h4,6,8,12,16-17H,2-3,5,7,15H2,1H3. The summed E-state index contributed by atoms with van der Waals surface area (Å²) in [6.45, 7) is 2.16. The molecule has 2 atom stereocenters. The number of hydrazine groups is 1. The Labute approximate surface area is 136 Å². The van der Waals surface area contributed by atoms with Crippen molar-refractivity contribution in [2.24, 2.45) is 0 Å². The molecule has 1 fully saturated rings. The van der Waals surface area contributed by atoms with E-state index in [0.29, 0.717) is 23.8 Å². The van der Waals surface area contributed by atoms with E-state index in [1.54, 1.807) is 16.8 Å². The lowest BCUT2D eigenvalue weighted by molar-refractivity contribution is 0.374. The van der Waals surface area contributed by atoms with Gasteiger partial charge in [0, 0.05) is 61.1 Å². The number of nitrogen functional groups attached to an aromatic ring is 1. The third-order valence-corrected chi connectivity index (χ3v) is 5.84. The summed E-state index contributed by atoms with van der Waals surface area (Å²) >= 11 is 0. The summed E-state index contributed by atoms with van der Waals surface area (Å²) in [5.41, 5.74) is 12.9. The van der Waals surface area contributed by atoms with Gasteiger partial charge in [-0.1, -0.05) is 0 Å². The summed E-state index contributed by atoms with van der Waals surface area (Å²) in [6, 6.07) is 1.78. The van der Waals surface area contributed by atoms with E-state index in [0.717, 1.165) is 29.9 Å². The maximum Gasteiger partial charge on any atom is 0.165 e. The first-order chi connectivity index (χ1) is 11.1. The van der Waals surface area contributed by atoms with Gasteiger partial charge in [0.2, 0.25) is 0 Å². The molecule has 2 aliphatic rings. The summed E-state index contributed by atoms with van der Waals surface area (Å²) in [7, 11) is 1.02. The average Bonchev–Trinajstić information content (AvgIpc) is 3.14. The molecule has 0 amide bonds. The first-order valence-corrected chi connectivity index (χ1v) is 8.91. The minimum Gasteiger partial charge on any atom is -0.384 e. The summed E-state index contributed by atoms with van der Waals surface area (Å²) < 4.78 is 13.9. The van der Waals surface area contributed by atoms with Gasteiger partial charge in [-0.05, 0) is 5.57 Å². The molecule has 8 nitrogen and oxygen atoms in total. The average molecular weight is 333 g/mol. The maximum atomic E-state index is 12.3. The molecule has 0 aromatic carbocycles. The molecule has 2 aromatic heterocycles. The largest absolute Gasteiger partial charge is 0.384 e. The Balaban J connectivity index is 1.82. The second kappa shape index (κ2) is 5.59. The van der Waals surface area contributed by atoms with Crippen LogP contribution in [0.15, 0.2) is 18.5 Å². The minimum atomic E-state index is -0.928. The lowest BCUT2D eigenvalue weighted by atomic mass is 10.1. The van der Waals surface area contributed by atoms with Crippen LogP contribution < -0.4 is 16.5 Å². The van der Waals surface area contributed by atoms with Crippen molar-refractivity contribution in [2.75, 3.05) is 38.2 Å². The Bertz CT molecular complexity index is 815. The first kappa shape index (κ1) is 14.6. The summed E-state index contributed by atoms with van der Waals surface area (Å²) in [6.07, 6.45) is 3.80. The van der Waals surface area contributed by atoms with Crippen molar-refractivity contribution in [3.8, 4) is 0 Å². The summed E-state index contributed by atoms with van der Waals surface area (Å²) in [5.74, 6) is 1.15. The number of anilines is 1. The van der Waals surface area contributed by atoms with Crippen LogP contribution in [0.25, 0.3) is 11.2 Å². The number of hydrogen-bond donors (Lipinski definition) is 3. The van der Waals surface area contributed by atoms with Gasteiger partial charge in [-0.2, -0.15) is 9.61 Å². The molecule has 0 spiro atoms. The normalized spacial score (nSPS) is 25.1. The van der Waals surface area contributed by atoms with Gasteiger partial charge in [0.15, 0.2) is 5.65 Å². The molecule has 122 valence electrons. The maximum absolute atomic E-state index is 12.3. The predicted octanol–water partition coefficient (Wildman–Crippen LogP) is -0.505. The van der Waals surface area contributed by atoms with Crippen molar-refractivity contribution >= 4 is 27.8 Å². The molecule has 9 heteroatoms. The van der Waals surface area contributed by atoms with Gasteiger partial charge in [0.1, 0.15) is 5.82 Å². The van der Waals surface area contributed by atoms with Crippen LogP contribution in [0.2, 0.25) is 0 Å². The molecule has 4 rings (SSSR count). The van der Waals surface area contributed by atoms with Crippen LogP contribution in [0.4, 0.5) is 5.82 Å². The quantitative estimate of drug-likeness (QED) is 0.681. The van der Waals surface area contributed by atoms with Crippen LogP contribution in [0, 0.1) is 0 Å². The van der Waals surface area contributed by atoms with Gasteiger partial charge < -0.3 is 16.1 Å². The Morgan fingerprint density at radius 3 is 3.09 bits per heavy atom. The van der Waals surface area contributed by atoms with E-state index in [-0.39, 0.29) is 5.25 Å². The van der Waals surface area contributed by atoms with Crippen LogP contribution in [0.3, 0.4) is 0 Å². The molecule has 2 aromatic rings. The Hall–Kier alpha value is -1.97. The third-order valence-electron chi connectivity index (χ3n) is 4.19. The Kier molecular flexibility index (Phi) is 3.55. The number of nitrogens with zero attached hydrogens (tertiary/aromatic N) is 4. The van der Waals surface area contributed by atoms with Gasteiger partial charge in [-0.25, -0.2) is 10.4 Å². The van der Waals surface area contributed by atoms with Gasteiger partial charge in [-0.3, -0.25) is 4.21 Å². The Morgan fingerprint density at radius 2 is 2.35 bits per heavy atom. The molecule has 2 aliphatic heterocycles. The van der Waals surface area contributed by atoms with E-state index in [2.05, 4.69) is 15.8 Å². The summed E-state index contributed by atoms with van der Waals surface area (Å²) in [4.78, 5) is 4.74. The molecule has 4 N–H and O–H groups in total. The highest BCUT2D eigenvalue weighted by Gasteiger charge is 2.26. The van der Waals surface area contributed by atoms with E-state index >= 15 is 0 Å². The zero-order valence-corrected chi connectivity index (χ0v) is 13.6. The smallest absolute Gasteiger partial charge is 0.165 e. The Morgan fingerprint density at radius 1 is 1.48 bits per heavy atom. The van der Waals surface area contributed by atoms with Crippen LogP contribution in [0.1, 0.15) is 16.5 Å². The highest BCUT2D eigenvalue weighted by molar-refractivity contribution is 7.85. The zero-order chi connectivity index (χ0) is 16.0. The van der Waals surface area contributed by atoms with Crippen molar-refractivity contribution in [3.63, 3.8) is 0 Å². The van der Waals surface area contributed by atoms with Crippen LogP contribution >= 0.6 is 0 Å². The predicted molar refractivity (Wildman–Crippen MR) is 89.8 cm³/mol. The van der Waals surface area contributed by atoms with Crippen LogP contribution in [0.5, 0.6) is 0 Å². The van der Waals surface area contributed by atoms with E-state index in [1.807, 2.05) is 18.3 Å². The zero-order valence-electron chi connectivity index (χ0n) is 12.8. The van der Waals surface area contributed by atoms with Crippen LogP contribution in [-0.4, -0.2) is 56.3 Å². The number of rotatable bonds is 2. The molecule has 23 heavy (non-hydrogen) atoms. The number of nitrogens with one attached hydrogen (secondary N) is 2. The molecule has 0 saturated carbocycles. The lowest BCUT2D eigenvalue weighted by Crippen LogP contribution is -2.35. The fourth-order valence-electron chi connectivity index (χ4n) is 2.98. The first-order valence-electron chi connectivity index (χ1n) is 7.53. The highest BCUT2D eigenvalue weighted by Crippen LogP contribution is 2.27. The second-order valence-electron chi connectivity index (χ2n) is 5.78. The van der Waals surface area contributed by atoms with Crippen molar-refractivity contribution in [2.45, 2.75) is 5.25 Å². The lowest BCUT2D eigenvalue weighted by Gasteiger charge is -2.22. The van der Waals surface area contributed by atoms with Gasteiger partial charge >= 0.3 is 0 Å². The van der Waals surface area contributed by atoms with Gasteiger partial charge in [-0.15, -0.1) is 0 Å². The molecular formula is C14H19N7OS. The van der Waals surface area contributed by atoms with Gasteiger partial charge in [0.25, 0.3) is 0 Å². The molecular weight excluding hydrogens is 314 g/mol. The van der Waals surface area contributed by atoms with E-state index < -0.39 is 10.8 Å². The van der Waals surface area contributed by atoms with Gasteiger partial charge in [0.05, 0.1) is 17.1 Å². The molecule has 4 heterocycles. The second-order valence-corrected chi connectivity index (χ2v) is 7.52. The molecule has 0 aliphatic carbocycles. The topological polar surface area (TPSA) is 101 Å². The molecule has 0 radical (unpaired) electrons. The number of fused-ring (bicyclic) bond motifs is 1. The molecule has 1 saturated heterocycles. The van der Waals surface area contributed by atoms with Crippen molar-refractivity contribution < 1.29 is 4.21 Å². The molecule has 0 bridgehead atoms. The van der Waals surface area contributed by atoms with E-state index in [9.17, 15) is 4.21 Å². The van der Waals surface area contributed by atoms with Crippen LogP contribution in [-0.2, 0) is 10.8 Å². The fraction of sp³-hybridized carbons (Fsp3) is 0.429. The SMILES string of the molecule is CN1C=C(c2cnn3c(N)cc(C4CNCCS4=O)nc23)CN1. The number of hydrogen-bond acceptors (Lipinski definition) is 7. The fourth-order valence-corrected chi connectivity index (χ4v) is 4.30. The summed E-state index contributed by atoms with van der Waals surface area (Å²) in [5, 5.41) is 9.40. The van der Waals surface area contributed by atoms with Crippen molar-refractivity contribution in [1.82, 2.24) is 30.3 Å². The number of aromatic nitrogens is 3. The minimum absolute atomic E-state index is 0.128. The molecule has 2 unspecified atom stereocenters. The highest BCUT2D eigenvalue weighted by atomic mass is 32.2. The van der Waals surface area contributed by atoms with E-state index in [1.165, 1.54) is 0 Å². The monoisotopic (exact) mass is 333 g/mol. The van der Waals surface area contributed by atoms with Crippen molar-refractivity contribution in [3.05, 3.63) is 29.7 Å². The third kappa shape index (κ3) is 2.50.